The molecule has 0 atom stereocenters. The molecule has 0 fully saturated rings. The standard InChI is InChI=1S/C12H13BrN2O/c1-9-14-7-10(15(9)2)8-16-12-6-4-3-5-11(12)13/h3-7H,8H2,1-2H3. The van der Waals surface area contributed by atoms with Gasteiger partial charge in [0.25, 0.3) is 0 Å². The molecular weight excluding hydrogens is 268 g/mol. The Morgan fingerprint density at radius 1 is 1.38 bits per heavy atom. The van der Waals surface area contributed by atoms with Gasteiger partial charge in [-0.25, -0.2) is 4.98 Å². The first-order chi connectivity index (χ1) is 7.68. The summed E-state index contributed by atoms with van der Waals surface area (Å²) in [7, 11) is 1.99. The van der Waals surface area contributed by atoms with Crippen molar-refractivity contribution in [2.45, 2.75) is 13.5 Å². The summed E-state index contributed by atoms with van der Waals surface area (Å²) in [6.45, 7) is 2.50. The smallest absolute Gasteiger partial charge is 0.134 e. The minimum absolute atomic E-state index is 0.528. The van der Waals surface area contributed by atoms with E-state index in [1.807, 2.05) is 49.0 Å². The third kappa shape index (κ3) is 2.27. The van der Waals surface area contributed by atoms with E-state index >= 15 is 0 Å². The maximum Gasteiger partial charge on any atom is 0.134 e. The van der Waals surface area contributed by atoms with Crippen LogP contribution in [0, 0.1) is 6.92 Å². The zero-order valence-electron chi connectivity index (χ0n) is 9.27. The summed E-state index contributed by atoms with van der Waals surface area (Å²) in [5.41, 5.74) is 1.06. The summed E-state index contributed by atoms with van der Waals surface area (Å²) in [5, 5.41) is 0. The van der Waals surface area contributed by atoms with E-state index in [-0.39, 0.29) is 0 Å². The second-order valence-electron chi connectivity index (χ2n) is 3.57. The van der Waals surface area contributed by atoms with E-state index in [9.17, 15) is 0 Å². The average Bonchev–Trinajstić information content (AvgIpc) is 2.59. The van der Waals surface area contributed by atoms with E-state index in [2.05, 4.69) is 20.9 Å². The Morgan fingerprint density at radius 3 is 2.75 bits per heavy atom. The molecule has 16 heavy (non-hydrogen) atoms. The average molecular weight is 281 g/mol. The van der Waals surface area contributed by atoms with Crippen LogP contribution in [0.4, 0.5) is 0 Å². The summed E-state index contributed by atoms with van der Waals surface area (Å²) in [4.78, 5) is 4.22. The number of aryl methyl sites for hydroxylation is 1. The van der Waals surface area contributed by atoms with Crippen LogP contribution >= 0.6 is 15.9 Å². The molecule has 0 aliphatic carbocycles. The van der Waals surface area contributed by atoms with Crippen molar-refractivity contribution in [2.24, 2.45) is 7.05 Å². The highest BCUT2D eigenvalue weighted by atomic mass is 79.9. The molecule has 4 heteroatoms. The van der Waals surface area contributed by atoms with Crippen LogP contribution in [-0.4, -0.2) is 9.55 Å². The predicted molar refractivity (Wildman–Crippen MR) is 66.4 cm³/mol. The molecule has 0 bridgehead atoms. The van der Waals surface area contributed by atoms with Gasteiger partial charge < -0.3 is 9.30 Å². The fraction of sp³-hybridized carbons (Fsp3) is 0.250. The molecule has 0 amide bonds. The Balaban J connectivity index is 2.08. The third-order valence-electron chi connectivity index (χ3n) is 2.53. The largest absolute Gasteiger partial charge is 0.486 e. The fourth-order valence-corrected chi connectivity index (χ4v) is 1.80. The van der Waals surface area contributed by atoms with Crippen LogP contribution < -0.4 is 4.74 Å². The van der Waals surface area contributed by atoms with E-state index in [0.29, 0.717) is 6.61 Å². The van der Waals surface area contributed by atoms with Crippen LogP contribution in [0.5, 0.6) is 5.75 Å². The lowest BCUT2D eigenvalue weighted by molar-refractivity contribution is 0.295. The van der Waals surface area contributed by atoms with Gasteiger partial charge in [-0.1, -0.05) is 12.1 Å². The van der Waals surface area contributed by atoms with Crippen molar-refractivity contribution in [1.29, 1.82) is 0 Å². The first-order valence-corrected chi connectivity index (χ1v) is 5.82. The SMILES string of the molecule is Cc1ncc(COc2ccccc2Br)n1C. The minimum Gasteiger partial charge on any atom is -0.486 e. The normalized spacial score (nSPS) is 10.4. The number of benzene rings is 1. The highest BCUT2D eigenvalue weighted by Crippen LogP contribution is 2.24. The third-order valence-corrected chi connectivity index (χ3v) is 3.18. The molecule has 0 saturated carbocycles. The van der Waals surface area contributed by atoms with Gasteiger partial charge in [-0.05, 0) is 35.0 Å². The summed E-state index contributed by atoms with van der Waals surface area (Å²) in [6, 6.07) is 7.82. The van der Waals surface area contributed by atoms with E-state index in [1.54, 1.807) is 0 Å². The Hall–Kier alpha value is -1.29. The number of ether oxygens (including phenoxy) is 1. The number of halogens is 1. The molecule has 0 aliphatic heterocycles. The number of para-hydroxylation sites is 1. The van der Waals surface area contributed by atoms with Gasteiger partial charge in [0, 0.05) is 7.05 Å². The van der Waals surface area contributed by atoms with Crippen molar-refractivity contribution in [3.63, 3.8) is 0 Å². The molecule has 0 aliphatic rings. The highest BCUT2D eigenvalue weighted by Gasteiger charge is 2.04. The summed E-state index contributed by atoms with van der Waals surface area (Å²) in [5.74, 6) is 1.84. The van der Waals surface area contributed by atoms with E-state index in [0.717, 1.165) is 21.7 Å². The number of imidazole rings is 1. The van der Waals surface area contributed by atoms with Crippen LogP contribution in [0.25, 0.3) is 0 Å². The number of hydrogen-bond donors (Lipinski definition) is 0. The zero-order valence-corrected chi connectivity index (χ0v) is 10.9. The maximum atomic E-state index is 5.71. The maximum absolute atomic E-state index is 5.71. The van der Waals surface area contributed by atoms with Gasteiger partial charge in [0.15, 0.2) is 0 Å². The molecule has 84 valence electrons. The van der Waals surface area contributed by atoms with Crippen molar-refractivity contribution < 1.29 is 4.74 Å². The van der Waals surface area contributed by atoms with Crippen LogP contribution in [0.15, 0.2) is 34.9 Å². The van der Waals surface area contributed by atoms with Gasteiger partial charge >= 0.3 is 0 Å². The molecular formula is C12H13BrN2O. The van der Waals surface area contributed by atoms with Gasteiger partial charge in [0.1, 0.15) is 18.2 Å². The molecule has 0 spiro atoms. The Morgan fingerprint density at radius 2 is 2.12 bits per heavy atom. The van der Waals surface area contributed by atoms with Crippen molar-refractivity contribution in [3.8, 4) is 5.75 Å². The van der Waals surface area contributed by atoms with Gasteiger partial charge in [-0.2, -0.15) is 0 Å². The molecule has 1 heterocycles. The number of nitrogens with zero attached hydrogens (tertiary/aromatic N) is 2. The Kier molecular flexibility index (Phi) is 3.29. The van der Waals surface area contributed by atoms with Crippen molar-refractivity contribution >= 4 is 15.9 Å². The molecule has 2 rings (SSSR count). The van der Waals surface area contributed by atoms with Crippen molar-refractivity contribution in [3.05, 3.63) is 46.5 Å². The summed E-state index contributed by atoms with van der Waals surface area (Å²) < 4.78 is 8.70. The quantitative estimate of drug-likeness (QED) is 0.864. The molecule has 2 aromatic rings. The topological polar surface area (TPSA) is 27.1 Å². The highest BCUT2D eigenvalue weighted by molar-refractivity contribution is 9.10. The fourth-order valence-electron chi connectivity index (χ4n) is 1.40. The van der Waals surface area contributed by atoms with Crippen molar-refractivity contribution in [1.82, 2.24) is 9.55 Å². The van der Waals surface area contributed by atoms with Gasteiger partial charge in [-0.15, -0.1) is 0 Å². The summed E-state index contributed by atoms with van der Waals surface area (Å²) in [6.07, 6.45) is 1.84. The second kappa shape index (κ2) is 4.70. The molecule has 0 N–H and O–H groups in total. The summed E-state index contributed by atoms with van der Waals surface area (Å²) >= 11 is 3.45. The Labute approximate surface area is 103 Å². The van der Waals surface area contributed by atoms with Gasteiger partial charge in [0.2, 0.25) is 0 Å². The number of hydrogen-bond acceptors (Lipinski definition) is 2. The lowest BCUT2D eigenvalue weighted by Crippen LogP contribution is -2.03. The predicted octanol–water partition coefficient (Wildman–Crippen LogP) is 3.07. The first-order valence-electron chi connectivity index (χ1n) is 5.03. The van der Waals surface area contributed by atoms with E-state index in [4.69, 9.17) is 4.74 Å². The number of rotatable bonds is 3. The second-order valence-corrected chi connectivity index (χ2v) is 4.43. The molecule has 1 aromatic heterocycles. The number of aromatic nitrogens is 2. The van der Waals surface area contributed by atoms with Gasteiger partial charge in [0.05, 0.1) is 16.4 Å². The molecule has 3 nitrogen and oxygen atoms in total. The van der Waals surface area contributed by atoms with Crippen molar-refractivity contribution in [2.75, 3.05) is 0 Å². The van der Waals surface area contributed by atoms with Crippen LogP contribution in [0.1, 0.15) is 11.5 Å². The van der Waals surface area contributed by atoms with Crippen LogP contribution in [-0.2, 0) is 13.7 Å². The molecule has 1 aromatic carbocycles. The first kappa shape index (κ1) is 11.2. The van der Waals surface area contributed by atoms with Gasteiger partial charge in [-0.3, -0.25) is 0 Å². The molecule has 0 saturated heterocycles. The lowest BCUT2D eigenvalue weighted by Gasteiger charge is -2.08. The van der Waals surface area contributed by atoms with E-state index in [1.165, 1.54) is 0 Å². The zero-order chi connectivity index (χ0) is 11.5. The monoisotopic (exact) mass is 280 g/mol. The van der Waals surface area contributed by atoms with Crippen LogP contribution in [0.2, 0.25) is 0 Å². The minimum atomic E-state index is 0.528. The molecule has 0 unspecified atom stereocenters. The molecule has 0 radical (unpaired) electrons. The van der Waals surface area contributed by atoms with Crippen LogP contribution in [0.3, 0.4) is 0 Å². The Bertz CT molecular complexity index is 494. The lowest BCUT2D eigenvalue weighted by atomic mass is 10.3. The van der Waals surface area contributed by atoms with E-state index < -0.39 is 0 Å².